The number of benzene rings is 1. The molecular formula is C24H36N6O4. The summed E-state index contributed by atoms with van der Waals surface area (Å²) in [5.41, 5.74) is 3.30. The summed E-state index contributed by atoms with van der Waals surface area (Å²) in [6, 6.07) is 5.53. The summed E-state index contributed by atoms with van der Waals surface area (Å²) in [5, 5.41) is 11.5. The van der Waals surface area contributed by atoms with Gasteiger partial charge in [-0.2, -0.15) is 0 Å². The van der Waals surface area contributed by atoms with Crippen molar-refractivity contribution in [3.63, 3.8) is 0 Å². The first-order valence-corrected chi connectivity index (χ1v) is 11.4. The van der Waals surface area contributed by atoms with E-state index in [4.69, 9.17) is 9.53 Å². The fraction of sp³-hybridized carbons (Fsp3) is 0.542. The van der Waals surface area contributed by atoms with Crippen molar-refractivity contribution in [1.29, 1.82) is 0 Å². The molecule has 186 valence electrons. The third-order valence-electron chi connectivity index (χ3n) is 5.26. The van der Waals surface area contributed by atoms with Crippen LogP contribution < -0.4 is 10.2 Å². The van der Waals surface area contributed by atoms with Gasteiger partial charge in [0.25, 0.3) is 0 Å². The second-order valence-electron chi connectivity index (χ2n) is 8.80. The number of carbonyl (C=O) groups excluding carboxylic acids is 3. The second kappa shape index (κ2) is 12.3. The van der Waals surface area contributed by atoms with Gasteiger partial charge in [0.2, 0.25) is 5.91 Å². The summed E-state index contributed by atoms with van der Waals surface area (Å²) in [6.07, 6.45) is 2.58. The summed E-state index contributed by atoms with van der Waals surface area (Å²) < 4.78 is 7.10. The predicted octanol–water partition coefficient (Wildman–Crippen LogP) is 3.03. The Balaban J connectivity index is 0.00000129. The Morgan fingerprint density at radius 2 is 2.00 bits per heavy atom. The van der Waals surface area contributed by atoms with Crippen molar-refractivity contribution in [3.8, 4) is 11.3 Å². The minimum Gasteiger partial charge on any atom is -0.447 e. The van der Waals surface area contributed by atoms with Gasteiger partial charge in [0.05, 0.1) is 24.9 Å². The number of nitrogens with one attached hydrogen (secondary N) is 1. The number of aldehydes is 1. The van der Waals surface area contributed by atoms with Gasteiger partial charge in [-0.1, -0.05) is 11.3 Å². The van der Waals surface area contributed by atoms with E-state index in [1.54, 1.807) is 11.8 Å². The molecule has 2 atom stereocenters. The molecule has 0 radical (unpaired) electrons. The maximum Gasteiger partial charge on any atom is 0.407 e. The van der Waals surface area contributed by atoms with Crippen molar-refractivity contribution < 1.29 is 19.1 Å². The van der Waals surface area contributed by atoms with Gasteiger partial charge >= 0.3 is 6.09 Å². The fourth-order valence-electron chi connectivity index (χ4n) is 3.87. The van der Waals surface area contributed by atoms with Crippen molar-refractivity contribution in [3.05, 3.63) is 30.0 Å². The minimum absolute atomic E-state index is 0.0284. The normalized spacial score (nSPS) is 17.0. The number of alkyl carbamates (subject to hydrolysis) is 1. The fourth-order valence-corrected chi connectivity index (χ4v) is 3.87. The Morgan fingerprint density at radius 3 is 2.59 bits per heavy atom. The van der Waals surface area contributed by atoms with E-state index in [1.165, 1.54) is 6.92 Å². The summed E-state index contributed by atoms with van der Waals surface area (Å²) in [4.78, 5) is 37.3. The van der Waals surface area contributed by atoms with E-state index in [0.717, 1.165) is 41.9 Å². The summed E-state index contributed by atoms with van der Waals surface area (Å²) in [5.74, 6) is -0.0284. The Morgan fingerprint density at radius 1 is 1.32 bits per heavy atom. The average Bonchev–Trinajstić information content (AvgIpc) is 3.21. The molecule has 1 aromatic carbocycles. The van der Waals surface area contributed by atoms with Crippen LogP contribution in [0.3, 0.4) is 0 Å². The zero-order valence-corrected chi connectivity index (χ0v) is 21.1. The lowest BCUT2D eigenvalue weighted by Gasteiger charge is -2.39. The molecule has 2 heterocycles. The van der Waals surface area contributed by atoms with Crippen LogP contribution in [0.15, 0.2) is 24.4 Å². The number of rotatable bonds is 6. The lowest BCUT2D eigenvalue weighted by Crippen LogP contribution is -2.45. The summed E-state index contributed by atoms with van der Waals surface area (Å²) in [6.45, 7) is 10.2. The molecule has 1 aliphatic rings. The molecule has 34 heavy (non-hydrogen) atoms. The molecule has 1 N–H and O–H groups in total. The van der Waals surface area contributed by atoms with Crippen LogP contribution in [-0.2, 0) is 20.9 Å². The lowest BCUT2D eigenvalue weighted by molar-refractivity contribution is -0.117. The first-order chi connectivity index (χ1) is 16.1. The number of hydrogen-bond acceptors (Lipinski definition) is 7. The molecule has 1 aliphatic heterocycles. The second-order valence-corrected chi connectivity index (χ2v) is 8.80. The highest BCUT2D eigenvalue weighted by atomic mass is 16.6. The van der Waals surface area contributed by atoms with Crippen molar-refractivity contribution >= 4 is 24.0 Å². The van der Waals surface area contributed by atoms with Crippen molar-refractivity contribution in [2.45, 2.75) is 65.8 Å². The van der Waals surface area contributed by atoms with Crippen LogP contribution in [0, 0.1) is 0 Å². The number of anilines is 1. The van der Waals surface area contributed by atoms with Crippen molar-refractivity contribution in [1.82, 2.24) is 25.2 Å². The highest BCUT2D eigenvalue weighted by molar-refractivity contribution is 5.94. The summed E-state index contributed by atoms with van der Waals surface area (Å²) in [7, 11) is 4.03. The Hall–Kier alpha value is -3.27. The van der Waals surface area contributed by atoms with Gasteiger partial charge in [0.1, 0.15) is 12.0 Å². The molecule has 10 heteroatoms. The van der Waals surface area contributed by atoms with E-state index in [1.807, 2.05) is 63.9 Å². The number of amides is 2. The van der Waals surface area contributed by atoms with E-state index >= 15 is 0 Å². The van der Waals surface area contributed by atoms with Gasteiger partial charge in [-0.05, 0) is 65.9 Å². The molecule has 3 rings (SSSR count). The van der Waals surface area contributed by atoms with Gasteiger partial charge in [-0.25, -0.2) is 4.79 Å². The lowest BCUT2D eigenvalue weighted by atomic mass is 9.90. The largest absolute Gasteiger partial charge is 0.447 e. The molecule has 10 nitrogen and oxygen atoms in total. The molecule has 0 spiro atoms. The number of ether oxygens (including phenoxy) is 1. The van der Waals surface area contributed by atoms with Crippen molar-refractivity contribution in [2.24, 2.45) is 0 Å². The van der Waals surface area contributed by atoms with E-state index in [2.05, 4.69) is 20.5 Å². The molecule has 0 saturated heterocycles. The Bertz CT molecular complexity index is 988. The number of nitrogens with zero attached hydrogens (tertiary/aromatic N) is 5. The Labute approximate surface area is 201 Å². The average molecular weight is 473 g/mol. The van der Waals surface area contributed by atoms with Gasteiger partial charge in [0.15, 0.2) is 0 Å². The van der Waals surface area contributed by atoms with E-state index in [-0.39, 0.29) is 24.1 Å². The molecule has 2 amide bonds. The van der Waals surface area contributed by atoms with Crippen LogP contribution in [-0.4, -0.2) is 71.0 Å². The van der Waals surface area contributed by atoms with Crippen LogP contribution in [0.2, 0.25) is 0 Å². The molecule has 0 bridgehead atoms. The van der Waals surface area contributed by atoms with Crippen LogP contribution in [0.25, 0.3) is 11.3 Å². The molecule has 1 aromatic heterocycles. The maximum absolute atomic E-state index is 12.3. The molecule has 0 saturated carbocycles. The molecule has 2 aromatic rings. The number of hydrogen-bond donors (Lipinski definition) is 1. The number of carbonyl (C=O) groups is 3. The van der Waals surface area contributed by atoms with Crippen LogP contribution in [0.4, 0.5) is 10.5 Å². The minimum atomic E-state index is -0.463. The molecule has 0 fully saturated rings. The van der Waals surface area contributed by atoms with Crippen LogP contribution in [0.1, 0.15) is 52.6 Å². The van der Waals surface area contributed by atoms with E-state index < -0.39 is 6.09 Å². The Kier molecular flexibility index (Phi) is 9.73. The SMILES string of the molecule is CC(=O)N1c2ccc(-c3cn(CCN(C)C)nn3)cc2[C@H](NC(=O)OC(C)C)C[C@@H]1C.CC=O. The molecule has 0 unspecified atom stereocenters. The quantitative estimate of drug-likeness (QED) is 0.644. The smallest absolute Gasteiger partial charge is 0.407 e. The molecular weight excluding hydrogens is 436 g/mol. The number of aromatic nitrogens is 3. The van der Waals surface area contributed by atoms with E-state index in [9.17, 15) is 9.59 Å². The third kappa shape index (κ3) is 7.11. The first kappa shape index (κ1) is 27.0. The van der Waals surface area contributed by atoms with Gasteiger partial charge in [-0.3, -0.25) is 9.48 Å². The van der Waals surface area contributed by atoms with Crippen LogP contribution >= 0.6 is 0 Å². The topological polar surface area (TPSA) is 110 Å². The highest BCUT2D eigenvalue weighted by Crippen LogP contribution is 2.39. The zero-order valence-electron chi connectivity index (χ0n) is 21.1. The third-order valence-corrected chi connectivity index (χ3v) is 5.26. The summed E-state index contributed by atoms with van der Waals surface area (Å²) >= 11 is 0. The van der Waals surface area contributed by atoms with Crippen LogP contribution in [0.5, 0.6) is 0 Å². The number of fused-ring (bicyclic) bond motifs is 1. The monoisotopic (exact) mass is 472 g/mol. The zero-order chi connectivity index (χ0) is 25.4. The highest BCUT2D eigenvalue weighted by Gasteiger charge is 2.34. The predicted molar refractivity (Wildman–Crippen MR) is 130 cm³/mol. The standard InChI is InChI=1S/C22H32N6O3.C2H4O/c1-14(2)31-22(30)23-19-11-15(3)28(16(4)29)21-8-7-17(12-18(19)21)20-13-27(25-24-20)10-9-26(5)6;1-2-3/h7-8,12-15,19H,9-11H2,1-6H3,(H,23,30);2H,1H3/t15-,19+;/m0./s1. The van der Waals surface area contributed by atoms with Gasteiger partial charge in [-0.15, -0.1) is 5.10 Å². The van der Waals surface area contributed by atoms with E-state index in [0.29, 0.717) is 6.42 Å². The molecule has 0 aliphatic carbocycles. The van der Waals surface area contributed by atoms with Gasteiger partial charge < -0.3 is 24.6 Å². The maximum atomic E-state index is 12.3. The van der Waals surface area contributed by atoms with Crippen molar-refractivity contribution in [2.75, 3.05) is 25.5 Å². The number of likely N-dealkylation sites (N-methyl/N-ethyl adjacent to an activating group) is 1. The first-order valence-electron chi connectivity index (χ1n) is 11.4. The van der Waals surface area contributed by atoms with Gasteiger partial charge in [0, 0.05) is 30.8 Å².